The Morgan fingerprint density at radius 1 is 1.22 bits per heavy atom. The average Bonchev–Trinajstić information content (AvgIpc) is 2.67. The molecule has 0 saturated carbocycles. The lowest BCUT2D eigenvalue weighted by Crippen LogP contribution is -2.47. The second-order valence-electron chi connectivity index (χ2n) is 6.96. The number of carbonyl (C=O) groups excluding carboxylic acids is 1. The summed E-state index contributed by atoms with van der Waals surface area (Å²) in [5.74, 6) is 1.41. The van der Waals surface area contributed by atoms with E-state index < -0.39 is 6.10 Å². The number of hydrogen-bond donors (Lipinski definition) is 1. The summed E-state index contributed by atoms with van der Waals surface area (Å²) < 4.78 is 11.2. The second kappa shape index (κ2) is 10.5. The quantitative estimate of drug-likeness (QED) is 0.656. The molecule has 1 saturated heterocycles. The summed E-state index contributed by atoms with van der Waals surface area (Å²) in [6.07, 6.45) is -0.562. The van der Waals surface area contributed by atoms with Crippen molar-refractivity contribution in [3.63, 3.8) is 0 Å². The number of rotatable bonds is 10. The SMILES string of the molecule is CCN(CC)C[C@H](O)COc1cc(CN2CCN(C)C(=O)C2)ccc1OC. The number of ether oxygens (including phenoxy) is 2. The van der Waals surface area contributed by atoms with Crippen molar-refractivity contribution in [3.8, 4) is 11.5 Å². The highest BCUT2D eigenvalue weighted by molar-refractivity contribution is 5.78. The van der Waals surface area contributed by atoms with Gasteiger partial charge < -0.3 is 24.4 Å². The van der Waals surface area contributed by atoms with Gasteiger partial charge in [0.2, 0.25) is 5.91 Å². The smallest absolute Gasteiger partial charge is 0.236 e. The maximum Gasteiger partial charge on any atom is 0.236 e. The molecule has 0 bridgehead atoms. The van der Waals surface area contributed by atoms with E-state index in [4.69, 9.17) is 9.47 Å². The first kappa shape index (κ1) is 21.5. The number of aliphatic hydroxyl groups excluding tert-OH is 1. The van der Waals surface area contributed by atoms with Gasteiger partial charge in [-0.25, -0.2) is 0 Å². The Hall–Kier alpha value is -1.83. The first-order valence-corrected chi connectivity index (χ1v) is 9.63. The largest absolute Gasteiger partial charge is 0.493 e. The second-order valence-corrected chi connectivity index (χ2v) is 6.96. The van der Waals surface area contributed by atoms with Crippen molar-refractivity contribution >= 4 is 5.91 Å². The van der Waals surface area contributed by atoms with Crippen LogP contribution in [0.15, 0.2) is 18.2 Å². The molecular formula is C20H33N3O4. The summed E-state index contributed by atoms with van der Waals surface area (Å²) in [5, 5.41) is 10.2. The molecule has 2 rings (SSSR count). The molecule has 0 radical (unpaired) electrons. The molecule has 1 atom stereocenters. The van der Waals surface area contributed by atoms with E-state index in [1.807, 2.05) is 25.2 Å². The van der Waals surface area contributed by atoms with Crippen LogP contribution in [-0.2, 0) is 11.3 Å². The van der Waals surface area contributed by atoms with E-state index in [0.29, 0.717) is 31.1 Å². The van der Waals surface area contributed by atoms with Gasteiger partial charge in [0, 0.05) is 33.2 Å². The van der Waals surface area contributed by atoms with Crippen LogP contribution in [0, 0.1) is 0 Å². The Labute approximate surface area is 162 Å². The van der Waals surface area contributed by atoms with Crippen molar-refractivity contribution in [2.75, 3.05) is 60.0 Å². The Kier molecular flexibility index (Phi) is 8.34. The minimum atomic E-state index is -0.562. The van der Waals surface area contributed by atoms with Crippen molar-refractivity contribution in [1.82, 2.24) is 14.7 Å². The number of benzene rings is 1. The predicted molar refractivity (Wildman–Crippen MR) is 105 cm³/mol. The number of piperazine rings is 1. The van der Waals surface area contributed by atoms with Crippen LogP contribution in [0.5, 0.6) is 11.5 Å². The number of aliphatic hydroxyl groups is 1. The maximum atomic E-state index is 11.9. The zero-order chi connectivity index (χ0) is 19.8. The Morgan fingerprint density at radius 2 is 1.96 bits per heavy atom. The summed E-state index contributed by atoms with van der Waals surface area (Å²) in [6.45, 7) is 9.46. The standard InChI is InChI=1S/C20H33N3O4/c1-5-22(6-2)13-17(24)15-27-19-11-16(7-8-18(19)26-4)12-23-10-9-21(3)20(25)14-23/h7-8,11,17,24H,5-6,9-10,12-15H2,1-4H3/t17-/m0/s1. The Bertz CT molecular complexity index is 607. The summed E-state index contributed by atoms with van der Waals surface area (Å²) in [5.41, 5.74) is 1.06. The van der Waals surface area contributed by atoms with Crippen molar-refractivity contribution in [1.29, 1.82) is 0 Å². The maximum absolute atomic E-state index is 11.9. The van der Waals surface area contributed by atoms with E-state index in [2.05, 4.69) is 23.6 Å². The molecule has 1 aromatic carbocycles. The minimum Gasteiger partial charge on any atom is -0.493 e. The van der Waals surface area contributed by atoms with Crippen molar-refractivity contribution < 1.29 is 19.4 Å². The van der Waals surface area contributed by atoms with Crippen molar-refractivity contribution in [3.05, 3.63) is 23.8 Å². The van der Waals surface area contributed by atoms with E-state index in [1.54, 1.807) is 12.0 Å². The number of amides is 1. The van der Waals surface area contributed by atoms with Crippen LogP contribution in [0.2, 0.25) is 0 Å². The lowest BCUT2D eigenvalue weighted by molar-refractivity contribution is -0.134. The van der Waals surface area contributed by atoms with Gasteiger partial charge in [-0.3, -0.25) is 9.69 Å². The molecule has 152 valence electrons. The topological polar surface area (TPSA) is 65.5 Å². The number of hydrogen-bond acceptors (Lipinski definition) is 6. The molecule has 7 heteroatoms. The molecule has 0 aliphatic carbocycles. The summed E-state index contributed by atoms with van der Waals surface area (Å²) in [4.78, 5) is 17.9. The van der Waals surface area contributed by atoms with Gasteiger partial charge in [0.15, 0.2) is 11.5 Å². The lowest BCUT2D eigenvalue weighted by atomic mass is 10.1. The van der Waals surface area contributed by atoms with Gasteiger partial charge in [0.1, 0.15) is 12.7 Å². The molecular weight excluding hydrogens is 346 g/mol. The molecule has 0 aromatic heterocycles. The normalized spacial score (nSPS) is 16.7. The van der Waals surface area contributed by atoms with Crippen LogP contribution in [0.25, 0.3) is 0 Å². The molecule has 0 spiro atoms. The van der Waals surface area contributed by atoms with Gasteiger partial charge in [-0.05, 0) is 30.8 Å². The molecule has 1 amide bonds. The average molecular weight is 380 g/mol. The number of likely N-dealkylation sites (N-methyl/N-ethyl adjacent to an activating group) is 2. The number of nitrogens with zero attached hydrogens (tertiary/aromatic N) is 3. The van der Waals surface area contributed by atoms with E-state index in [1.165, 1.54) is 0 Å². The van der Waals surface area contributed by atoms with Crippen LogP contribution in [0.3, 0.4) is 0 Å². The lowest BCUT2D eigenvalue weighted by Gasteiger charge is -2.32. The van der Waals surface area contributed by atoms with Gasteiger partial charge in [-0.2, -0.15) is 0 Å². The van der Waals surface area contributed by atoms with Crippen LogP contribution < -0.4 is 9.47 Å². The summed E-state index contributed by atoms with van der Waals surface area (Å²) >= 11 is 0. The molecule has 1 heterocycles. The Balaban J connectivity index is 1.97. The van der Waals surface area contributed by atoms with E-state index in [-0.39, 0.29) is 12.5 Å². The molecule has 7 nitrogen and oxygen atoms in total. The van der Waals surface area contributed by atoms with Crippen molar-refractivity contribution in [2.45, 2.75) is 26.5 Å². The zero-order valence-electron chi connectivity index (χ0n) is 17.0. The fourth-order valence-corrected chi connectivity index (χ4v) is 3.15. The van der Waals surface area contributed by atoms with Crippen molar-refractivity contribution in [2.24, 2.45) is 0 Å². The Morgan fingerprint density at radius 3 is 2.59 bits per heavy atom. The highest BCUT2D eigenvalue weighted by Gasteiger charge is 2.21. The molecule has 27 heavy (non-hydrogen) atoms. The van der Waals surface area contributed by atoms with E-state index >= 15 is 0 Å². The van der Waals surface area contributed by atoms with E-state index in [9.17, 15) is 9.90 Å². The molecule has 0 unspecified atom stereocenters. The predicted octanol–water partition coefficient (Wildman–Crippen LogP) is 1.05. The van der Waals surface area contributed by atoms with Gasteiger partial charge >= 0.3 is 0 Å². The number of methoxy groups -OCH3 is 1. The molecule has 1 fully saturated rings. The monoisotopic (exact) mass is 379 g/mol. The van der Waals surface area contributed by atoms with Gasteiger partial charge in [0.05, 0.1) is 13.7 Å². The third kappa shape index (κ3) is 6.37. The molecule has 1 aromatic rings. The zero-order valence-corrected chi connectivity index (χ0v) is 17.0. The highest BCUT2D eigenvalue weighted by atomic mass is 16.5. The first-order chi connectivity index (χ1) is 13.0. The molecule has 1 N–H and O–H groups in total. The highest BCUT2D eigenvalue weighted by Crippen LogP contribution is 2.29. The third-order valence-electron chi connectivity index (χ3n) is 4.97. The fraction of sp³-hybridized carbons (Fsp3) is 0.650. The van der Waals surface area contributed by atoms with Crippen LogP contribution >= 0.6 is 0 Å². The van der Waals surface area contributed by atoms with Crippen LogP contribution in [-0.4, -0.2) is 91.9 Å². The van der Waals surface area contributed by atoms with Gasteiger partial charge in [-0.15, -0.1) is 0 Å². The van der Waals surface area contributed by atoms with Crippen LogP contribution in [0.4, 0.5) is 0 Å². The summed E-state index contributed by atoms with van der Waals surface area (Å²) in [6, 6.07) is 5.80. The first-order valence-electron chi connectivity index (χ1n) is 9.63. The number of carbonyl (C=O) groups is 1. The summed E-state index contributed by atoms with van der Waals surface area (Å²) in [7, 11) is 3.44. The minimum absolute atomic E-state index is 0.144. The molecule has 1 aliphatic heterocycles. The van der Waals surface area contributed by atoms with Gasteiger partial charge in [0.25, 0.3) is 0 Å². The van der Waals surface area contributed by atoms with E-state index in [0.717, 1.165) is 31.7 Å². The third-order valence-corrected chi connectivity index (χ3v) is 4.97. The van der Waals surface area contributed by atoms with Gasteiger partial charge in [-0.1, -0.05) is 19.9 Å². The fourth-order valence-electron chi connectivity index (χ4n) is 3.15. The molecule has 1 aliphatic rings. The van der Waals surface area contributed by atoms with Crippen LogP contribution in [0.1, 0.15) is 19.4 Å².